The lowest BCUT2D eigenvalue weighted by Gasteiger charge is -2.36. The molecule has 2 bridgehead atoms. The maximum absolute atomic E-state index is 12.7. The van der Waals surface area contributed by atoms with Gasteiger partial charge in [0.05, 0.1) is 24.0 Å². The zero-order valence-electron chi connectivity index (χ0n) is 15.9. The van der Waals surface area contributed by atoms with Crippen molar-refractivity contribution in [1.29, 1.82) is 0 Å². The molecule has 0 aromatic heterocycles. The van der Waals surface area contributed by atoms with Gasteiger partial charge >= 0.3 is 0 Å². The van der Waals surface area contributed by atoms with Crippen LogP contribution in [0.4, 0.5) is 0 Å². The van der Waals surface area contributed by atoms with Crippen molar-refractivity contribution in [3.8, 4) is 0 Å². The number of nitrogens with zero attached hydrogens (tertiary/aromatic N) is 2. The van der Waals surface area contributed by atoms with E-state index in [9.17, 15) is 9.59 Å². The highest BCUT2D eigenvalue weighted by Crippen LogP contribution is 2.45. The molecule has 0 saturated carbocycles. The second-order valence-corrected chi connectivity index (χ2v) is 7.75. The van der Waals surface area contributed by atoms with Crippen molar-refractivity contribution < 1.29 is 14.3 Å². The number of likely N-dealkylation sites (N-methyl/N-ethyl adjacent to an activating group) is 1. The van der Waals surface area contributed by atoms with Crippen LogP contribution in [0.2, 0.25) is 0 Å². The molecule has 0 aromatic rings. The van der Waals surface area contributed by atoms with Gasteiger partial charge in [0.15, 0.2) is 5.12 Å². The molecule has 26 heavy (non-hydrogen) atoms. The van der Waals surface area contributed by atoms with E-state index in [-0.39, 0.29) is 42.5 Å². The maximum atomic E-state index is 12.7. The molecule has 8 heteroatoms. The molecule has 4 saturated heterocycles. The Morgan fingerprint density at radius 1 is 0.923 bits per heavy atom. The highest BCUT2D eigenvalue weighted by molar-refractivity contribution is 7.96. The topological polar surface area (TPSA) is 73.9 Å². The third kappa shape index (κ3) is 4.92. The standard InChI is InChI=1S/C13H20N2O3S.C4H10N2.CH3/c1-14-4-6-15(7-5-14)12(16)10-8-2-3-9(18-8)11(10)13(17)19;1-2-6-4-3-5-1;/h8-11H,2-7H2,1H3,(H,17,19);5-6H,1-4H2;1H3/q;;+1/t8-,9+,10?,11?;;/m0../s1. The summed E-state index contributed by atoms with van der Waals surface area (Å²) in [4.78, 5) is 28.4. The van der Waals surface area contributed by atoms with Gasteiger partial charge in [0, 0.05) is 59.8 Å². The number of thiol groups is 1. The van der Waals surface area contributed by atoms with Crippen molar-refractivity contribution in [1.82, 2.24) is 20.4 Å². The van der Waals surface area contributed by atoms with E-state index in [4.69, 9.17) is 4.74 Å². The van der Waals surface area contributed by atoms with E-state index in [2.05, 4.69) is 35.2 Å². The summed E-state index contributed by atoms with van der Waals surface area (Å²) in [6.07, 6.45) is 1.62. The Balaban J connectivity index is 0.000000297. The molecule has 0 radical (unpaired) electrons. The number of rotatable bonds is 2. The summed E-state index contributed by atoms with van der Waals surface area (Å²) in [6, 6.07) is 0. The number of ether oxygens (including phenoxy) is 1. The fraction of sp³-hybridized carbons (Fsp3) is 0.833. The fourth-order valence-corrected chi connectivity index (χ4v) is 4.47. The zero-order chi connectivity index (χ0) is 17.8. The minimum atomic E-state index is -0.339. The summed E-state index contributed by atoms with van der Waals surface area (Å²) in [5.41, 5.74) is 0. The normalized spacial score (nSPS) is 33.8. The lowest BCUT2D eigenvalue weighted by atomic mass is 9.79. The molecule has 1 amide bonds. The average molecular weight is 386 g/mol. The monoisotopic (exact) mass is 385 g/mol. The van der Waals surface area contributed by atoms with Crippen LogP contribution in [-0.4, -0.2) is 92.4 Å². The van der Waals surface area contributed by atoms with Gasteiger partial charge in [-0.15, -0.1) is 12.6 Å². The molecule has 4 aliphatic rings. The smallest absolute Gasteiger partial charge is 0.229 e. The Labute approximate surface area is 162 Å². The Morgan fingerprint density at radius 3 is 1.88 bits per heavy atom. The molecule has 4 heterocycles. The highest BCUT2D eigenvalue weighted by Gasteiger charge is 2.55. The summed E-state index contributed by atoms with van der Waals surface area (Å²) >= 11 is 3.96. The molecule has 0 aliphatic carbocycles. The predicted octanol–water partition coefficient (Wildman–Crippen LogP) is -0.360. The molecule has 0 aromatic carbocycles. The Bertz CT molecular complexity index is 470. The van der Waals surface area contributed by atoms with Crippen molar-refractivity contribution in [3.63, 3.8) is 0 Å². The van der Waals surface area contributed by atoms with Gasteiger partial charge in [-0.1, -0.05) is 0 Å². The summed E-state index contributed by atoms with van der Waals surface area (Å²) in [5.74, 6) is -0.547. The maximum Gasteiger partial charge on any atom is 0.229 e. The molecule has 7 nitrogen and oxygen atoms in total. The first-order chi connectivity index (χ1) is 12.1. The zero-order valence-corrected chi connectivity index (χ0v) is 16.8. The van der Waals surface area contributed by atoms with E-state index in [0.717, 1.165) is 65.2 Å². The Hall–Kier alpha value is -0.800. The van der Waals surface area contributed by atoms with E-state index >= 15 is 0 Å². The highest BCUT2D eigenvalue weighted by atomic mass is 32.1. The van der Waals surface area contributed by atoms with Crippen LogP contribution in [0.25, 0.3) is 0 Å². The van der Waals surface area contributed by atoms with Crippen LogP contribution in [0.1, 0.15) is 12.8 Å². The van der Waals surface area contributed by atoms with Crippen LogP contribution in [-0.2, 0) is 14.3 Å². The first-order valence-corrected chi connectivity index (χ1v) is 9.79. The largest absolute Gasteiger partial charge is 0.373 e. The molecule has 4 aliphatic heterocycles. The van der Waals surface area contributed by atoms with Gasteiger partial charge in [0.1, 0.15) is 0 Å². The number of hydrogen-bond acceptors (Lipinski definition) is 6. The summed E-state index contributed by atoms with van der Waals surface area (Å²) < 4.78 is 5.76. The number of carbonyl (C=O) groups excluding carboxylic acids is 2. The van der Waals surface area contributed by atoms with Crippen LogP contribution in [0.5, 0.6) is 0 Å². The Kier molecular flexibility index (Phi) is 8.22. The molecule has 4 fully saturated rings. The molecule has 4 rings (SSSR count). The minimum Gasteiger partial charge on any atom is -0.373 e. The van der Waals surface area contributed by atoms with Crippen molar-refractivity contribution in [3.05, 3.63) is 7.43 Å². The van der Waals surface area contributed by atoms with Crippen molar-refractivity contribution in [2.24, 2.45) is 11.8 Å². The van der Waals surface area contributed by atoms with Gasteiger partial charge < -0.3 is 25.2 Å². The second-order valence-electron chi connectivity index (χ2n) is 7.31. The molecular formula is C18H33N4O3S+. The molecule has 148 valence electrons. The third-order valence-corrected chi connectivity index (χ3v) is 5.91. The van der Waals surface area contributed by atoms with Crippen LogP contribution in [0, 0.1) is 19.3 Å². The van der Waals surface area contributed by atoms with E-state index in [1.807, 2.05) is 4.90 Å². The minimum absolute atomic E-state index is 0. The van der Waals surface area contributed by atoms with Crippen LogP contribution >= 0.6 is 12.6 Å². The van der Waals surface area contributed by atoms with Gasteiger partial charge in [-0.25, -0.2) is 0 Å². The molecule has 2 unspecified atom stereocenters. The molecular weight excluding hydrogens is 352 g/mol. The Morgan fingerprint density at radius 2 is 1.42 bits per heavy atom. The van der Waals surface area contributed by atoms with E-state index in [0.29, 0.717) is 0 Å². The van der Waals surface area contributed by atoms with Crippen molar-refractivity contribution in [2.45, 2.75) is 25.0 Å². The molecule has 2 N–H and O–H groups in total. The number of piperazine rings is 2. The van der Waals surface area contributed by atoms with Gasteiger partial charge in [0.25, 0.3) is 0 Å². The van der Waals surface area contributed by atoms with E-state index in [1.54, 1.807) is 0 Å². The first kappa shape index (κ1) is 21.5. The van der Waals surface area contributed by atoms with Gasteiger partial charge in [-0.05, 0) is 19.9 Å². The first-order valence-electron chi connectivity index (χ1n) is 9.35. The lowest BCUT2D eigenvalue weighted by molar-refractivity contribution is -0.141. The predicted molar refractivity (Wildman–Crippen MR) is 105 cm³/mol. The quantitative estimate of drug-likeness (QED) is 0.445. The van der Waals surface area contributed by atoms with E-state index in [1.165, 1.54) is 0 Å². The lowest BCUT2D eigenvalue weighted by Crippen LogP contribution is -2.52. The molecule has 0 spiro atoms. The number of carbonyl (C=O) groups is 2. The summed E-state index contributed by atoms with van der Waals surface area (Å²) in [5, 5.41) is 6.25. The second kappa shape index (κ2) is 9.94. The van der Waals surface area contributed by atoms with Crippen LogP contribution in [0.3, 0.4) is 0 Å². The van der Waals surface area contributed by atoms with Gasteiger partial charge in [-0.3, -0.25) is 9.59 Å². The van der Waals surface area contributed by atoms with Gasteiger partial charge in [0.2, 0.25) is 5.91 Å². The van der Waals surface area contributed by atoms with Crippen molar-refractivity contribution >= 4 is 23.7 Å². The number of nitrogens with one attached hydrogen (secondary N) is 2. The van der Waals surface area contributed by atoms with Crippen LogP contribution < -0.4 is 10.6 Å². The van der Waals surface area contributed by atoms with Crippen molar-refractivity contribution in [2.75, 3.05) is 59.4 Å². The van der Waals surface area contributed by atoms with Crippen LogP contribution in [0.15, 0.2) is 0 Å². The fourth-order valence-electron chi connectivity index (χ4n) is 4.15. The molecule has 4 atom stereocenters. The SMILES string of the molecule is C1CNCCN1.CN1CCN(C(=O)C2C(C(=O)S)[C@H]3CC[C@@H]2O3)CC1.[CH3+]. The van der Waals surface area contributed by atoms with Gasteiger partial charge in [-0.2, -0.15) is 0 Å². The summed E-state index contributed by atoms with van der Waals surface area (Å²) in [6.45, 7) is 7.84. The summed E-state index contributed by atoms with van der Waals surface area (Å²) in [7, 11) is 2.06. The number of hydrogen-bond donors (Lipinski definition) is 3. The number of amides is 1. The number of fused-ring (bicyclic) bond motifs is 2. The van der Waals surface area contributed by atoms with E-state index < -0.39 is 0 Å². The average Bonchev–Trinajstić information content (AvgIpc) is 3.25. The third-order valence-electron chi connectivity index (χ3n) is 5.62.